The van der Waals surface area contributed by atoms with Crippen molar-refractivity contribution < 1.29 is 4.79 Å². The summed E-state index contributed by atoms with van der Waals surface area (Å²) < 4.78 is 3.33. The molecule has 4 rings (SSSR count). The molecule has 4 aromatic rings. The van der Waals surface area contributed by atoms with Crippen molar-refractivity contribution in [1.82, 2.24) is 24.3 Å². The number of aryl methyl sites for hydroxylation is 1. The summed E-state index contributed by atoms with van der Waals surface area (Å²) in [7, 11) is 0. The Bertz CT molecular complexity index is 1150. The van der Waals surface area contributed by atoms with Gasteiger partial charge < -0.3 is 5.32 Å². The Kier molecular flexibility index (Phi) is 5.33. The molecule has 0 spiro atoms. The summed E-state index contributed by atoms with van der Waals surface area (Å²) in [6.45, 7) is 2.11. The predicted molar refractivity (Wildman–Crippen MR) is 112 cm³/mol. The Morgan fingerprint density at radius 3 is 2.69 bits per heavy atom. The van der Waals surface area contributed by atoms with E-state index in [0.29, 0.717) is 34.3 Å². The van der Waals surface area contributed by atoms with Crippen molar-refractivity contribution >= 4 is 34.8 Å². The van der Waals surface area contributed by atoms with Crippen LogP contribution in [-0.2, 0) is 6.54 Å². The van der Waals surface area contributed by atoms with Gasteiger partial charge in [-0.15, -0.1) is 0 Å². The molecule has 7 nitrogen and oxygen atoms in total. The molecule has 0 aliphatic heterocycles. The largest absolute Gasteiger partial charge is 0.320 e. The molecule has 0 saturated carbocycles. The van der Waals surface area contributed by atoms with Gasteiger partial charge in [0.05, 0.1) is 29.7 Å². The lowest BCUT2D eigenvalue weighted by molar-refractivity contribution is 0.102. The fourth-order valence-corrected chi connectivity index (χ4v) is 3.42. The van der Waals surface area contributed by atoms with Gasteiger partial charge in [0, 0.05) is 17.4 Å². The number of anilines is 1. The van der Waals surface area contributed by atoms with Crippen molar-refractivity contribution in [2.24, 2.45) is 0 Å². The monoisotopic (exact) mass is 426 g/mol. The molecule has 0 bridgehead atoms. The second-order valence-electron chi connectivity index (χ2n) is 6.33. The third kappa shape index (κ3) is 4.01. The van der Waals surface area contributed by atoms with Crippen molar-refractivity contribution in [2.75, 3.05) is 5.32 Å². The number of benzene rings is 1. The molecular weight excluding hydrogens is 411 g/mol. The highest BCUT2D eigenvalue weighted by atomic mass is 35.5. The van der Waals surface area contributed by atoms with Crippen LogP contribution in [0.1, 0.15) is 21.6 Å². The van der Waals surface area contributed by atoms with Crippen LogP contribution in [0.2, 0.25) is 10.2 Å². The van der Waals surface area contributed by atoms with Gasteiger partial charge in [0.1, 0.15) is 17.3 Å². The fourth-order valence-electron chi connectivity index (χ4n) is 2.90. The maximum absolute atomic E-state index is 12.8. The van der Waals surface area contributed by atoms with Crippen molar-refractivity contribution in [3.05, 3.63) is 88.3 Å². The quantitative estimate of drug-likeness (QED) is 0.513. The van der Waals surface area contributed by atoms with E-state index in [9.17, 15) is 4.79 Å². The number of halogens is 2. The van der Waals surface area contributed by atoms with Gasteiger partial charge in [-0.3, -0.25) is 9.36 Å². The molecule has 1 amide bonds. The first-order valence-electron chi connectivity index (χ1n) is 8.75. The van der Waals surface area contributed by atoms with Crippen molar-refractivity contribution in [3.8, 4) is 5.82 Å². The second-order valence-corrected chi connectivity index (χ2v) is 7.09. The summed E-state index contributed by atoms with van der Waals surface area (Å²) >= 11 is 12.7. The van der Waals surface area contributed by atoms with Crippen molar-refractivity contribution in [1.29, 1.82) is 0 Å². The number of imidazole rings is 1. The summed E-state index contributed by atoms with van der Waals surface area (Å²) in [6.07, 6.45) is 6.68. The summed E-state index contributed by atoms with van der Waals surface area (Å²) in [6, 6.07) is 11.0. The number of nitrogens with zero attached hydrogens (tertiary/aromatic N) is 5. The summed E-state index contributed by atoms with van der Waals surface area (Å²) in [5.74, 6) is 0.345. The highest BCUT2D eigenvalue weighted by molar-refractivity contribution is 6.34. The normalized spacial score (nSPS) is 10.9. The standard InChI is InChI=1S/C20H16Cl2N6O/c1-13-18(19(22)28(26-13)11-14-4-2-3-5-16(14)21)20(29)25-15-6-7-17(24-10-15)27-9-8-23-12-27/h2-10,12H,11H2,1H3,(H,25,29). The van der Waals surface area contributed by atoms with Crippen LogP contribution in [-0.4, -0.2) is 30.2 Å². The van der Waals surface area contributed by atoms with Crippen molar-refractivity contribution in [2.45, 2.75) is 13.5 Å². The maximum Gasteiger partial charge on any atom is 0.260 e. The van der Waals surface area contributed by atoms with E-state index in [-0.39, 0.29) is 11.1 Å². The molecule has 0 aliphatic carbocycles. The van der Waals surface area contributed by atoms with Gasteiger partial charge in [0.15, 0.2) is 0 Å². The molecule has 0 saturated heterocycles. The van der Waals surface area contributed by atoms with E-state index < -0.39 is 0 Å². The molecule has 9 heteroatoms. The van der Waals surface area contributed by atoms with Gasteiger partial charge in [0.25, 0.3) is 5.91 Å². The van der Waals surface area contributed by atoms with Crippen LogP contribution in [0.3, 0.4) is 0 Å². The third-order valence-electron chi connectivity index (χ3n) is 4.35. The highest BCUT2D eigenvalue weighted by Crippen LogP contribution is 2.24. The Morgan fingerprint density at radius 2 is 2.00 bits per heavy atom. The van der Waals surface area contributed by atoms with E-state index >= 15 is 0 Å². The lowest BCUT2D eigenvalue weighted by Crippen LogP contribution is -2.13. The summed E-state index contributed by atoms with van der Waals surface area (Å²) in [5.41, 5.74) is 2.26. The molecule has 0 aliphatic rings. The topological polar surface area (TPSA) is 77.6 Å². The number of hydrogen-bond donors (Lipinski definition) is 1. The molecular formula is C20H16Cl2N6O. The fraction of sp³-hybridized carbons (Fsp3) is 0.100. The van der Waals surface area contributed by atoms with E-state index in [1.807, 2.05) is 18.2 Å². The number of hydrogen-bond acceptors (Lipinski definition) is 4. The Balaban J connectivity index is 1.53. The van der Waals surface area contributed by atoms with Gasteiger partial charge in [-0.2, -0.15) is 5.10 Å². The Labute approximate surface area is 176 Å². The molecule has 0 fully saturated rings. The van der Waals surface area contributed by atoms with Gasteiger partial charge in [0.2, 0.25) is 0 Å². The van der Waals surface area contributed by atoms with Crippen LogP contribution >= 0.6 is 23.2 Å². The first kappa shape index (κ1) is 19.2. The summed E-state index contributed by atoms with van der Waals surface area (Å²) in [5, 5.41) is 8.08. The summed E-state index contributed by atoms with van der Waals surface area (Å²) in [4.78, 5) is 21.1. The van der Waals surface area contributed by atoms with E-state index in [4.69, 9.17) is 23.2 Å². The van der Waals surface area contributed by atoms with Crippen LogP contribution in [0.15, 0.2) is 61.3 Å². The number of carbonyl (C=O) groups is 1. The first-order chi connectivity index (χ1) is 14.0. The number of aromatic nitrogens is 5. The third-order valence-corrected chi connectivity index (χ3v) is 5.10. The van der Waals surface area contributed by atoms with Crippen LogP contribution < -0.4 is 5.32 Å². The molecule has 0 radical (unpaired) electrons. The molecule has 0 atom stereocenters. The lowest BCUT2D eigenvalue weighted by atomic mass is 10.2. The average molecular weight is 427 g/mol. The Morgan fingerprint density at radius 1 is 1.17 bits per heavy atom. The minimum Gasteiger partial charge on any atom is -0.320 e. The molecule has 3 aromatic heterocycles. The number of amides is 1. The SMILES string of the molecule is Cc1nn(Cc2ccccc2Cl)c(Cl)c1C(=O)Nc1ccc(-n2ccnc2)nc1. The molecule has 1 N–H and O–H groups in total. The second kappa shape index (κ2) is 8.06. The molecule has 146 valence electrons. The van der Waals surface area contributed by atoms with Crippen molar-refractivity contribution in [3.63, 3.8) is 0 Å². The van der Waals surface area contributed by atoms with Crippen LogP contribution in [0.5, 0.6) is 0 Å². The minimum absolute atomic E-state index is 0.253. The van der Waals surface area contributed by atoms with Crippen LogP contribution in [0.25, 0.3) is 5.82 Å². The smallest absolute Gasteiger partial charge is 0.260 e. The molecule has 0 unspecified atom stereocenters. The Hall–Kier alpha value is -3.16. The average Bonchev–Trinajstić information content (AvgIpc) is 3.33. The molecule has 1 aromatic carbocycles. The van der Waals surface area contributed by atoms with Gasteiger partial charge >= 0.3 is 0 Å². The van der Waals surface area contributed by atoms with E-state index in [1.54, 1.807) is 59.3 Å². The van der Waals surface area contributed by atoms with Gasteiger partial charge in [-0.05, 0) is 30.7 Å². The van der Waals surface area contributed by atoms with Crippen LogP contribution in [0.4, 0.5) is 5.69 Å². The lowest BCUT2D eigenvalue weighted by Gasteiger charge is -2.07. The zero-order valence-corrected chi connectivity index (χ0v) is 16.9. The maximum atomic E-state index is 12.8. The van der Waals surface area contributed by atoms with Gasteiger partial charge in [-0.25, -0.2) is 14.6 Å². The minimum atomic E-state index is -0.352. The molecule has 29 heavy (non-hydrogen) atoms. The van der Waals surface area contributed by atoms with Gasteiger partial charge in [-0.1, -0.05) is 41.4 Å². The van der Waals surface area contributed by atoms with E-state index in [1.165, 1.54) is 0 Å². The number of carbonyl (C=O) groups excluding carboxylic acids is 1. The number of rotatable bonds is 5. The first-order valence-corrected chi connectivity index (χ1v) is 9.50. The predicted octanol–water partition coefficient (Wildman–Crippen LogP) is 4.38. The number of pyridine rings is 1. The number of nitrogens with one attached hydrogen (secondary N) is 1. The van der Waals surface area contributed by atoms with Crippen LogP contribution in [0, 0.1) is 6.92 Å². The zero-order chi connectivity index (χ0) is 20.4. The van der Waals surface area contributed by atoms with E-state index in [0.717, 1.165) is 5.56 Å². The highest BCUT2D eigenvalue weighted by Gasteiger charge is 2.21. The molecule has 3 heterocycles. The van der Waals surface area contributed by atoms with E-state index in [2.05, 4.69) is 20.4 Å². The zero-order valence-electron chi connectivity index (χ0n) is 15.4.